The molecule has 3 rings (SSSR count). The van der Waals surface area contributed by atoms with Gasteiger partial charge in [0.2, 0.25) is 0 Å². The predicted octanol–water partition coefficient (Wildman–Crippen LogP) is 3.81. The van der Waals surface area contributed by atoms with Crippen molar-refractivity contribution in [2.75, 3.05) is 19.6 Å². The van der Waals surface area contributed by atoms with E-state index >= 15 is 0 Å². The molecule has 1 aliphatic heterocycles. The first-order valence-electron chi connectivity index (χ1n) is 9.16. The molecule has 0 aromatic carbocycles. The molecule has 3 aliphatic rings. The Bertz CT molecular complexity index is 303. The van der Waals surface area contributed by atoms with Crippen molar-refractivity contribution in [3.05, 3.63) is 0 Å². The number of piperazine rings is 1. The third kappa shape index (κ3) is 3.76. The van der Waals surface area contributed by atoms with Crippen molar-refractivity contribution in [2.24, 2.45) is 11.8 Å². The maximum absolute atomic E-state index is 3.98. The van der Waals surface area contributed by atoms with Gasteiger partial charge in [-0.05, 0) is 44.1 Å². The van der Waals surface area contributed by atoms with Gasteiger partial charge in [0, 0.05) is 24.7 Å². The minimum absolute atomic E-state index is 0.481. The van der Waals surface area contributed by atoms with E-state index in [2.05, 4.69) is 24.1 Å². The fourth-order valence-electron chi connectivity index (χ4n) is 4.39. The summed E-state index contributed by atoms with van der Waals surface area (Å²) in [5, 5.41) is 3.98. The van der Waals surface area contributed by atoms with Crippen molar-refractivity contribution in [1.29, 1.82) is 0 Å². The third-order valence-corrected chi connectivity index (χ3v) is 5.81. The van der Waals surface area contributed by atoms with E-state index in [-0.39, 0.29) is 0 Å². The van der Waals surface area contributed by atoms with Crippen LogP contribution in [0.15, 0.2) is 0 Å². The van der Waals surface area contributed by atoms with Gasteiger partial charge in [0.15, 0.2) is 0 Å². The zero-order valence-corrected chi connectivity index (χ0v) is 13.7. The lowest BCUT2D eigenvalue weighted by Gasteiger charge is -2.50. The van der Waals surface area contributed by atoms with Crippen LogP contribution in [0.3, 0.4) is 0 Å². The summed E-state index contributed by atoms with van der Waals surface area (Å²) in [5.74, 6) is 1.90. The Labute approximate surface area is 125 Å². The van der Waals surface area contributed by atoms with E-state index in [1.807, 2.05) is 0 Å². The van der Waals surface area contributed by atoms with Crippen LogP contribution < -0.4 is 5.32 Å². The lowest BCUT2D eigenvalue weighted by atomic mass is 9.79. The van der Waals surface area contributed by atoms with Crippen molar-refractivity contribution in [1.82, 2.24) is 10.2 Å². The van der Waals surface area contributed by atoms with Crippen LogP contribution in [-0.4, -0.2) is 36.1 Å². The molecule has 3 fully saturated rings. The smallest absolute Gasteiger partial charge is 0.0309 e. The molecular weight excluding hydrogens is 244 g/mol. The molecule has 1 atom stereocenters. The van der Waals surface area contributed by atoms with Gasteiger partial charge >= 0.3 is 0 Å². The molecule has 2 heteroatoms. The second-order valence-electron chi connectivity index (χ2n) is 8.21. The fourth-order valence-corrected chi connectivity index (χ4v) is 4.39. The molecule has 116 valence electrons. The number of nitrogens with zero attached hydrogens (tertiary/aromatic N) is 1. The summed E-state index contributed by atoms with van der Waals surface area (Å²) in [7, 11) is 0. The average Bonchev–Trinajstić information content (AvgIpc) is 3.24. The number of hydrogen-bond donors (Lipinski definition) is 1. The van der Waals surface area contributed by atoms with E-state index in [4.69, 9.17) is 0 Å². The Morgan fingerprint density at radius 1 is 1.15 bits per heavy atom. The van der Waals surface area contributed by atoms with Crippen LogP contribution >= 0.6 is 0 Å². The maximum atomic E-state index is 3.98. The van der Waals surface area contributed by atoms with Gasteiger partial charge in [0.05, 0.1) is 0 Å². The van der Waals surface area contributed by atoms with Crippen molar-refractivity contribution in [2.45, 2.75) is 83.2 Å². The van der Waals surface area contributed by atoms with Gasteiger partial charge in [-0.15, -0.1) is 0 Å². The van der Waals surface area contributed by atoms with E-state index in [0.29, 0.717) is 5.54 Å². The first kappa shape index (κ1) is 14.8. The molecule has 1 heterocycles. The monoisotopic (exact) mass is 278 g/mol. The SMILES string of the molecule is CC(C)CC1CNC2(CCCCC2)CN1CCC1CC1. The van der Waals surface area contributed by atoms with E-state index in [0.717, 1.165) is 17.9 Å². The van der Waals surface area contributed by atoms with Crippen molar-refractivity contribution >= 4 is 0 Å². The highest BCUT2D eigenvalue weighted by atomic mass is 15.3. The zero-order chi connectivity index (χ0) is 14.0. The van der Waals surface area contributed by atoms with E-state index in [1.54, 1.807) is 0 Å². The molecule has 2 saturated carbocycles. The number of rotatable bonds is 5. The highest BCUT2D eigenvalue weighted by Crippen LogP contribution is 2.36. The lowest BCUT2D eigenvalue weighted by Crippen LogP contribution is -2.65. The van der Waals surface area contributed by atoms with Crippen molar-refractivity contribution in [3.63, 3.8) is 0 Å². The van der Waals surface area contributed by atoms with Gasteiger partial charge < -0.3 is 5.32 Å². The molecular formula is C18H34N2. The molecule has 1 spiro atoms. The van der Waals surface area contributed by atoms with Crippen LogP contribution in [0.25, 0.3) is 0 Å². The van der Waals surface area contributed by atoms with Crippen LogP contribution in [0.1, 0.15) is 71.6 Å². The summed E-state index contributed by atoms with van der Waals surface area (Å²) in [6.07, 6.45) is 13.0. The predicted molar refractivity (Wildman–Crippen MR) is 86.0 cm³/mol. The van der Waals surface area contributed by atoms with Crippen LogP contribution in [0.2, 0.25) is 0 Å². The molecule has 2 nitrogen and oxygen atoms in total. The molecule has 0 aromatic heterocycles. The van der Waals surface area contributed by atoms with Gasteiger partial charge in [0.25, 0.3) is 0 Å². The Morgan fingerprint density at radius 3 is 2.55 bits per heavy atom. The standard InChI is InChI=1S/C18H34N2/c1-15(2)12-17-13-19-18(9-4-3-5-10-18)14-20(17)11-8-16-6-7-16/h15-17,19H,3-14H2,1-2H3. The molecule has 2 aliphatic carbocycles. The Morgan fingerprint density at radius 2 is 1.90 bits per heavy atom. The zero-order valence-electron chi connectivity index (χ0n) is 13.7. The minimum atomic E-state index is 0.481. The topological polar surface area (TPSA) is 15.3 Å². The summed E-state index contributed by atoms with van der Waals surface area (Å²) >= 11 is 0. The van der Waals surface area contributed by atoms with Crippen LogP contribution in [0.4, 0.5) is 0 Å². The molecule has 20 heavy (non-hydrogen) atoms. The summed E-state index contributed by atoms with van der Waals surface area (Å²) in [6.45, 7) is 8.69. The highest BCUT2D eigenvalue weighted by molar-refractivity contribution is 5.00. The van der Waals surface area contributed by atoms with Crippen LogP contribution in [0, 0.1) is 11.8 Å². The molecule has 0 bridgehead atoms. The Hall–Kier alpha value is -0.0800. The fraction of sp³-hybridized carbons (Fsp3) is 1.00. The molecule has 1 unspecified atom stereocenters. The Kier molecular flexibility index (Phi) is 4.72. The summed E-state index contributed by atoms with van der Waals surface area (Å²) in [4.78, 5) is 2.88. The average molecular weight is 278 g/mol. The van der Waals surface area contributed by atoms with Gasteiger partial charge in [0.1, 0.15) is 0 Å². The summed E-state index contributed by atoms with van der Waals surface area (Å²) < 4.78 is 0. The largest absolute Gasteiger partial charge is 0.308 e. The molecule has 0 aromatic rings. The first-order chi connectivity index (χ1) is 9.67. The van der Waals surface area contributed by atoms with E-state index < -0.39 is 0 Å². The lowest BCUT2D eigenvalue weighted by molar-refractivity contribution is 0.0452. The second-order valence-corrected chi connectivity index (χ2v) is 8.21. The highest BCUT2D eigenvalue weighted by Gasteiger charge is 2.40. The third-order valence-electron chi connectivity index (χ3n) is 5.81. The van der Waals surface area contributed by atoms with Crippen LogP contribution in [0.5, 0.6) is 0 Å². The van der Waals surface area contributed by atoms with Gasteiger partial charge in [-0.2, -0.15) is 0 Å². The van der Waals surface area contributed by atoms with E-state index in [1.165, 1.54) is 77.4 Å². The minimum Gasteiger partial charge on any atom is -0.308 e. The molecule has 1 N–H and O–H groups in total. The molecule has 0 amide bonds. The molecule has 1 saturated heterocycles. The van der Waals surface area contributed by atoms with Crippen LogP contribution in [-0.2, 0) is 0 Å². The van der Waals surface area contributed by atoms with Gasteiger partial charge in [-0.3, -0.25) is 4.90 Å². The summed E-state index contributed by atoms with van der Waals surface area (Å²) in [6, 6.07) is 0.793. The molecule has 0 radical (unpaired) electrons. The van der Waals surface area contributed by atoms with Crippen molar-refractivity contribution < 1.29 is 0 Å². The Balaban J connectivity index is 1.60. The normalized spacial score (nSPS) is 31.1. The summed E-state index contributed by atoms with van der Waals surface area (Å²) in [5.41, 5.74) is 0.481. The maximum Gasteiger partial charge on any atom is 0.0309 e. The first-order valence-corrected chi connectivity index (χ1v) is 9.16. The number of hydrogen-bond acceptors (Lipinski definition) is 2. The van der Waals surface area contributed by atoms with E-state index in [9.17, 15) is 0 Å². The van der Waals surface area contributed by atoms with Crippen molar-refractivity contribution in [3.8, 4) is 0 Å². The number of nitrogens with one attached hydrogen (secondary N) is 1. The second kappa shape index (κ2) is 6.36. The van der Waals surface area contributed by atoms with Gasteiger partial charge in [-0.1, -0.05) is 46.0 Å². The quantitative estimate of drug-likeness (QED) is 0.822. The van der Waals surface area contributed by atoms with Gasteiger partial charge in [-0.25, -0.2) is 0 Å².